The molecule has 13 heteroatoms. The van der Waals surface area contributed by atoms with Gasteiger partial charge < -0.3 is 10.2 Å². The van der Waals surface area contributed by atoms with E-state index < -0.39 is 6.36 Å². The lowest BCUT2D eigenvalue weighted by Gasteiger charge is -2.16. The minimum Gasteiger partial charge on any atom is -0.406 e. The molecule has 0 aliphatic carbocycles. The SMILES string of the molecule is Cc1cccnc1N1C(=O)CS/C1=N/NCc1ccc(-c2ncn(-c3ccc(OC(F)(F)F)cc3)n2)cc1. The van der Waals surface area contributed by atoms with Gasteiger partial charge in [-0.25, -0.2) is 19.5 Å². The average Bonchev–Trinajstić information content (AvgIpc) is 3.52. The van der Waals surface area contributed by atoms with Crippen molar-refractivity contribution in [1.82, 2.24) is 25.2 Å². The predicted molar refractivity (Wildman–Crippen MR) is 137 cm³/mol. The molecule has 0 atom stereocenters. The Morgan fingerprint density at radius 1 is 1.08 bits per heavy atom. The summed E-state index contributed by atoms with van der Waals surface area (Å²) >= 11 is 1.35. The molecule has 3 heterocycles. The summed E-state index contributed by atoms with van der Waals surface area (Å²) in [5.74, 6) is 0.955. The molecular weight excluding hydrogens is 519 g/mol. The highest BCUT2D eigenvalue weighted by Crippen LogP contribution is 2.27. The molecule has 2 aromatic carbocycles. The number of amidine groups is 1. The first-order valence-electron chi connectivity index (χ1n) is 11.3. The first kappa shape index (κ1) is 25.3. The van der Waals surface area contributed by atoms with Crippen molar-refractivity contribution in [2.75, 3.05) is 10.7 Å². The van der Waals surface area contributed by atoms with Crippen LogP contribution in [0.5, 0.6) is 5.75 Å². The number of thioether (sulfide) groups is 1. The highest BCUT2D eigenvalue weighted by molar-refractivity contribution is 8.15. The number of aromatic nitrogens is 4. The lowest BCUT2D eigenvalue weighted by molar-refractivity contribution is -0.274. The Morgan fingerprint density at radius 2 is 1.84 bits per heavy atom. The highest BCUT2D eigenvalue weighted by Gasteiger charge is 2.32. The van der Waals surface area contributed by atoms with Crippen molar-refractivity contribution in [3.8, 4) is 22.8 Å². The van der Waals surface area contributed by atoms with E-state index in [0.29, 0.717) is 34.8 Å². The fourth-order valence-corrected chi connectivity index (χ4v) is 4.48. The van der Waals surface area contributed by atoms with Crippen LogP contribution in [0, 0.1) is 6.92 Å². The number of hydrogen-bond acceptors (Lipinski definition) is 8. The first-order valence-corrected chi connectivity index (χ1v) is 12.3. The molecule has 38 heavy (non-hydrogen) atoms. The molecule has 0 unspecified atom stereocenters. The first-order chi connectivity index (χ1) is 18.3. The summed E-state index contributed by atoms with van der Waals surface area (Å²) in [6.07, 6.45) is -1.62. The number of nitrogens with zero attached hydrogens (tertiary/aromatic N) is 6. The monoisotopic (exact) mass is 539 g/mol. The summed E-state index contributed by atoms with van der Waals surface area (Å²) in [4.78, 5) is 22.5. The van der Waals surface area contributed by atoms with E-state index >= 15 is 0 Å². The van der Waals surface area contributed by atoms with Crippen molar-refractivity contribution < 1.29 is 22.7 Å². The molecular formula is C25H20F3N7O2S. The van der Waals surface area contributed by atoms with Crippen molar-refractivity contribution >= 4 is 28.7 Å². The van der Waals surface area contributed by atoms with Gasteiger partial charge in [0.15, 0.2) is 11.0 Å². The van der Waals surface area contributed by atoms with Gasteiger partial charge in [0.2, 0.25) is 5.91 Å². The van der Waals surface area contributed by atoms with E-state index in [9.17, 15) is 18.0 Å². The Balaban J connectivity index is 1.22. The van der Waals surface area contributed by atoms with Crippen molar-refractivity contribution in [1.29, 1.82) is 0 Å². The van der Waals surface area contributed by atoms with Crippen LogP contribution in [0.2, 0.25) is 0 Å². The topological polar surface area (TPSA) is 97.5 Å². The van der Waals surface area contributed by atoms with E-state index in [2.05, 4.69) is 30.3 Å². The summed E-state index contributed by atoms with van der Waals surface area (Å²) in [5.41, 5.74) is 6.16. The standard InChI is InChI=1S/C25H20F3N7O2S/c1-16-3-2-12-29-23(16)35-21(36)14-38-24(35)32-31-13-17-4-6-18(7-5-17)22-30-15-34(33-22)19-8-10-20(11-9-19)37-25(26,27)28/h2-12,15,31H,13-14H2,1H3/b32-24+. The van der Waals surface area contributed by atoms with E-state index in [-0.39, 0.29) is 11.7 Å². The molecule has 4 aromatic rings. The normalized spacial score (nSPS) is 14.8. The number of hydrogen-bond donors (Lipinski definition) is 1. The number of halogens is 3. The molecule has 0 spiro atoms. The Bertz CT molecular complexity index is 1470. The minimum atomic E-state index is -4.75. The average molecular weight is 540 g/mol. The quantitative estimate of drug-likeness (QED) is 0.341. The van der Waals surface area contributed by atoms with Crippen LogP contribution in [0.25, 0.3) is 17.1 Å². The fourth-order valence-electron chi connectivity index (χ4n) is 3.65. The molecule has 1 aliphatic heterocycles. The molecule has 9 nitrogen and oxygen atoms in total. The molecule has 1 saturated heterocycles. The van der Waals surface area contributed by atoms with Crippen LogP contribution in [-0.2, 0) is 11.3 Å². The number of rotatable bonds is 7. The van der Waals surface area contributed by atoms with Gasteiger partial charge in [-0.05, 0) is 48.4 Å². The molecule has 1 fully saturated rings. The summed E-state index contributed by atoms with van der Waals surface area (Å²) in [5, 5.41) is 9.36. The maximum absolute atomic E-state index is 12.4. The van der Waals surface area contributed by atoms with E-state index in [0.717, 1.165) is 16.7 Å². The van der Waals surface area contributed by atoms with Crippen molar-refractivity contribution in [2.24, 2.45) is 5.10 Å². The largest absolute Gasteiger partial charge is 0.573 e. The van der Waals surface area contributed by atoms with Gasteiger partial charge in [-0.15, -0.1) is 18.3 Å². The predicted octanol–water partition coefficient (Wildman–Crippen LogP) is 4.68. The van der Waals surface area contributed by atoms with Gasteiger partial charge >= 0.3 is 6.36 Å². The lowest BCUT2D eigenvalue weighted by Crippen LogP contribution is -2.32. The van der Waals surface area contributed by atoms with E-state index in [1.807, 2.05) is 43.3 Å². The number of benzene rings is 2. The summed E-state index contributed by atoms with van der Waals surface area (Å²) in [6.45, 7) is 2.33. The zero-order chi connectivity index (χ0) is 26.7. The molecule has 2 aromatic heterocycles. The van der Waals surface area contributed by atoms with Crippen LogP contribution < -0.4 is 15.1 Å². The number of carbonyl (C=O) groups excluding carboxylic acids is 1. The van der Waals surface area contributed by atoms with Crippen LogP contribution in [0.4, 0.5) is 19.0 Å². The van der Waals surface area contributed by atoms with E-state index in [1.54, 1.807) is 6.20 Å². The van der Waals surface area contributed by atoms with Crippen LogP contribution in [0.3, 0.4) is 0 Å². The Kier molecular flexibility index (Phi) is 7.01. The minimum absolute atomic E-state index is 0.0702. The summed E-state index contributed by atoms with van der Waals surface area (Å²) < 4.78 is 42.4. The number of aryl methyl sites for hydroxylation is 1. The molecule has 1 amide bonds. The van der Waals surface area contributed by atoms with Crippen LogP contribution in [0.15, 0.2) is 78.3 Å². The number of nitrogens with one attached hydrogen (secondary N) is 1. The van der Waals surface area contributed by atoms with Gasteiger partial charge in [0.05, 0.1) is 18.0 Å². The lowest BCUT2D eigenvalue weighted by atomic mass is 10.1. The maximum atomic E-state index is 12.4. The second kappa shape index (κ2) is 10.5. The second-order valence-corrected chi connectivity index (χ2v) is 9.08. The van der Waals surface area contributed by atoms with E-state index in [4.69, 9.17) is 0 Å². The summed E-state index contributed by atoms with van der Waals surface area (Å²) in [7, 11) is 0. The third-order valence-electron chi connectivity index (χ3n) is 5.46. The van der Waals surface area contributed by atoms with Gasteiger partial charge in [0.25, 0.3) is 0 Å². The highest BCUT2D eigenvalue weighted by atomic mass is 32.2. The Morgan fingerprint density at radius 3 is 2.55 bits per heavy atom. The number of ether oxygens (including phenoxy) is 1. The van der Waals surface area contributed by atoms with Crippen LogP contribution in [0.1, 0.15) is 11.1 Å². The van der Waals surface area contributed by atoms with Gasteiger partial charge in [0.1, 0.15) is 17.9 Å². The van der Waals surface area contributed by atoms with E-state index in [1.165, 1.54) is 51.9 Å². The molecule has 1 N–H and O–H groups in total. The van der Waals surface area contributed by atoms with Gasteiger partial charge in [-0.2, -0.15) is 5.10 Å². The smallest absolute Gasteiger partial charge is 0.406 e. The molecule has 0 bridgehead atoms. The zero-order valence-electron chi connectivity index (χ0n) is 19.9. The van der Waals surface area contributed by atoms with Crippen LogP contribution in [-0.4, -0.2) is 42.9 Å². The number of carbonyl (C=O) groups is 1. The Hall–Kier alpha value is -4.39. The third kappa shape index (κ3) is 5.78. The molecule has 1 aliphatic rings. The number of amides is 1. The van der Waals surface area contributed by atoms with Gasteiger partial charge in [-0.1, -0.05) is 42.1 Å². The molecule has 194 valence electrons. The molecule has 0 radical (unpaired) electrons. The van der Waals surface area contributed by atoms with Crippen molar-refractivity contribution in [3.63, 3.8) is 0 Å². The number of hydrazone groups is 1. The van der Waals surface area contributed by atoms with Crippen LogP contribution >= 0.6 is 11.8 Å². The number of alkyl halides is 3. The third-order valence-corrected chi connectivity index (χ3v) is 6.38. The van der Waals surface area contributed by atoms with Gasteiger partial charge in [0, 0.05) is 11.8 Å². The number of pyridine rings is 1. The van der Waals surface area contributed by atoms with Crippen molar-refractivity contribution in [3.05, 3.63) is 84.3 Å². The molecule has 0 saturated carbocycles. The summed E-state index contributed by atoms with van der Waals surface area (Å²) in [6, 6.07) is 16.6. The molecule has 5 rings (SSSR count). The Labute approximate surface area is 219 Å². The maximum Gasteiger partial charge on any atom is 0.573 e. The van der Waals surface area contributed by atoms with Gasteiger partial charge in [-0.3, -0.25) is 4.79 Å². The second-order valence-electron chi connectivity index (χ2n) is 8.14. The fraction of sp³-hybridized carbons (Fsp3) is 0.160. The number of anilines is 1. The van der Waals surface area contributed by atoms with Crippen molar-refractivity contribution in [2.45, 2.75) is 19.8 Å². The zero-order valence-corrected chi connectivity index (χ0v) is 20.7.